The predicted octanol–water partition coefficient (Wildman–Crippen LogP) is 3.13. The number of amides is 1. The van der Waals surface area contributed by atoms with Gasteiger partial charge in [0.15, 0.2) is 0 Å². The first-order chi connectivity index (χ1) is 22.1. The fraction of sp³-hybridized carbons (Fsp3) is 0.500. The van der Waals surface area contributed by atoms with Crippen LogP contribution in [0.3, 0.4) is 0 Å². The Morgan fingerprint density at radius 3 is 2.55 bits per heavy atom. The van der Waals surface area contributed by atoms with Crippen molar-refractivity contribution in [1.82, 2.24) is 18.9 Å². The number of nitrogens with zero attached hydrogens (tertiary/aromatic N) is 3. The van der Waals surface area contributed by atoms with Crippen molar-refractivity contribution in [3.63, 3.8) is 0 Å². The number of piperidine rings is 1. The zero-order chi connectivity index (χ0) is 34.0. The Labute approximate surface area is 275 Å². The number of aliphatic hydroxyl groups excluding tert-OH is 1. The Hall–Kier alpha value is -3.34. The van der Waals surface area contributed by atoms with Gasteiger partial charge in [-0.15, -0.1) is 0 Å². The highest BCUT2D eigenvalue weighted by Gasteiger charge is 2.48. The lowest BCUT2D eigenvalue weighted by Gasteiger charge is -2.38. The van der Waals surface area contributed by atoms with Crippen LogP contribution in [0, 0.1) is 0 Å². The van der Waals surface area contributed by atoms with Crippen LogP contribution < -0.4 is 9.46 Å². The molecule has 2 atom stereocenters. The Balaban J connectivity index is 1.24. The summed E-state index contributed by atoms with van der Waals surface area (Å²) in [4.78, 5) is 19.3. The number of carbonyl (C=O) groups excluding carboxylic acids is 1. The molecule has 0 aliphatic carbocycles. The second-order valence-corrected chi connectivity index (χ2v) is 16.7. The molecular formula is C32H42N4O9S2. The standard InChI is InChI=1S/C32H42N4O9S2/c1-31(2,3)45-30(38)36(20-25(37)22-43-26-8-5-9-27(18-26)46(39,40)33-4)24-19-32(44-21-24)12-15-35(16-13-32)47(41,42)28-10-11-29-23(17-28)7-6-14-34-29/h5-11,14,17-18,24-25,33,37H,12-13,15-16,19-22H2,1-4H3/t24-,25+/m1/s1. The number of hydrogen-bond acceptors (Lipinski definition) is 10. The number of aliphatic hydroxyl groups is 1. The molecule has 13 nitrogen and oxygen atoms in total. The van der Waals surface area contributed by atoms with Crippen molar-refractivity contribution in [2.45, 2.75) is 73.2 Å². The third-order valence-electron chi connectivity index (χ3n) is 8.34. The predicted molar refractivity (Wildman–Crippen MR) is 174 cm³/mol. The molecule has 1 spiro atoms. The van der Waals surface area contributed by atoms with Gasteiger partial charge < -0.3 is 24.2 Å². The molecule has 15 heteroatoms. The van der Waals surface area contributed by atoms with E-state index < -0.39 is 49.5 Å². The fourth-order valence-corrected chi connectivity index (χ4v) is 8.12. The summed E-state index contributed by atoms with van der Waals surface area (Å²) in [6.45, 7) is 5.64. The second kappa shape index (κ2) is 13.6. The summed E-state index contributed by atoms with van der Waals surface area (Å²) < 4.78 is 72.7. The van der Waals surface area contributed by atoms with E-state index in [0.29, 0.717) is 19.3 Å². The van der Waals surface area contributed by atoms with Gasteiger partial charge in [-0.1, -0.05) is 12.1 Å². The molecular weight excluding hydrogens is 649 g/mol. The minimum atomic E-state index is -3.74. The highest BCUT2D eigenvalue weighted by Crippen LogP contribution is 2.39. The normalized spacial score (nSPS) is 19.5. The molecule has 47 heavy (non-hydrogen) atoms. The number of pyridine rings is 1. The minimum absolute atomic E-state index is 0.0178. The van der Waals surface area contributed by atoms with Gasteiger partial charge in [0.25, 0.3) is 0 Å². The maximum Gasteiger partial charge on any atom is 0.410 e. The van der Waals surface area contributed by atoms with Crippen LogP contribution in [0.15, 0.2) is 70.6 Å². The number of ether oxygens (including phenoxy) is 3. The molecule has 2 aliphatic rings. The van der Waals surface area contributed by atoms with Gasteiger partial charge >= 0.3 is 6.09 Å². The van der Waals surface area contributed by atoms with Gasteiger partial charge in [0.05, 0.1) is 40.1 Å². The number of benzene rings is 2. The lowest BCUT2D eigenvalue weighted by atomic mass is 9.88. The minimum Gasteiger partial charge on any atom is -0.491 e. The maximum atomic E-state index is 13.5. The Morgan fingerprint density at radius 2 is 1.85 bits per heavy atom. The summed E-state index contributed by atoms with van der Waals surface area (Å²) in [5.41, 5.74) is -0.703. The van der Waals surface area contributed by atoms with Gasteiger partial charge in [-0.05, 0) is 83.5 Å². The molecule has 3 aromatic rings. The fourth-order valence-electron chi connectivity index (χ4n) is 5.88. The monoisotopic (exact) mass is 690 g/mol. The van der Waals surface area contributed by atoms with Crippen molar-refractivity contribution in [1.29, 1.82) is 0 Å². The number of sulfonamides is 2. The summed E-state index contributed by atoms with van der Waals surface area (Å²) in [5, 5.41) is 11.7. The first kappa shape index (κ1) is 35.0. The number of rotatable bonds is 10. The molecule has 0 bridgehead atoms. The largest absolute Gasteiger partial charge is 0.491 e. The first-order valence-corrected chi connectivity index (χ1v) is 18.4. The second-order valence-electron chi connectivity index (χ2n) is 12.9. The number of fused-ring (bicyclic) bond motifs is 1. The van der Waals surface area contributed by atoms with Gasteiger partial charge in [0.2, 0.25) is 20.0 Å². The molecule has 3 heterocycles. The lowest BCUT2D eigenvalue weighted by Crippen LogP contribution is -2.50. The van der Waals surface area contributed by atoms with E-state index in [1.807, 2.05) is 6.07 Å². The van der Waals surface area contributed by atoms with E-state index in [9.17, 15) is 26.7 Å². The smallest absolute Gasteiger partial charge is 0.410 e. The molecule has 2 saturated heterocycles. The van der Waals surface area contributed by atoms with E-state index in [0.717, 1.165) is 10.9 Å². The Bertz CT molecular complexity index is 1800. The third kappa shape index (κ3) is 8.21. The highest BCUT2D eigenvalue weighted by molar-refractivity contribution is 7.89. The summed E-state index contributed by atoms with van der Waals surface area (Å²) >= 11 is 0. The Kier molecular flexibility index (Phi) is 10.2. The quantitative estimate of drug-likeness (QED) is 0.323. The average Bonchev–Trinajstić information content (AvgIpc) is 3.44. The van der Waals surface area contributed by atoms with Crippen molar-refractivity contribution in [2.75, 3.05) is 39.9 Å². The molecule has 0 saturated carbocycles. The van der Waals surface area contributed by atoms with E-state index >= 15 is 0 Å². The summed E-state index contributed by atoms with van der Waals surface area (Å²) in [5.74, 6) is 0.245. The SMILES string of the molecule is CNS(=O)(=O)c1cccc(OC[C@@H](O)CN(C(=O)OC(C)(C)C)[C@H]2COC3(CCN(S(=O)(=O)c4ccc5ncccc5c4)CC3)C2)c1. The van der Waals surface area contributed by atoms with Crippen LogP contribution in [0.2, 0.25) is 0 Å². The van der Waals surface area contributed by atoms with E-state index in [2.05, 4.69) is 9.71 Å². The van der Waals surface area contributed by atoms with Gasteiger partial charge in [-0.2, -0.15) is 4.31 Å². The van der Waals surface area contributed by atoms with Crippen LogP contribution in [0.1, 0.15) is 40.0 Å². The molecule has 0 unspecified atom stereocenters. The van der Waals surface area contributed by atoms with E-state index in [1.54, 1.807) is 57.3 Å². The van der Waals surface area contributed by atoms with Crippen molar-refractivity contribution in [3.8, 4) is 5.75 Å². The van der Waals surface area contributed by atoms with Crippen LogP contribution in [-0.4, -0.2) is 105 Å². The van der Waals surface area contributed by atoms with Crippen LogP contribution in [0.4, 0.5) is 4.79 Å². The average molecular weight is 691 g/mol. The molecule has 2 fully saturated rings. The molecule has 2 aromatic carbocycles. The first-order valence-electron chi connectivity index (χ1n) is 15.4. The highest BCUT2D eigenvalue weighted by atomic mass is 32.2. The number of aromatic nitrogens is 1. The third-order valence-corrected chi connectivity index (χ3v) is 11.6. The number of carbonyl (C=O) groups is 1. The molecule has 1 amide bonds. The molecule has 2 N–H and O–H groups in total. The molecule has 0 radical (unpaired) electrons. The van der Waals surface area contributed by atoms with Crippen LogP contribution >= 0.6 is 0 Å². The van der Waals surface area contributed by atoms with Crippen LogP contribution in [0.5, 0.6) is 5.75 Å². The van der Waals surface area contributed by atoms with Gasteiger partial charge in [0.1, 0.15) is 24.1 Å². The summed E-state index contributed by atoms with van der Waals surface area (Å²) in [6.07, 6.45) is 1.24. The zero-order valence-corrected chi connectivity index (χ0v) is 28.6. The van der Waals surface area contributed by atoms with Gasteiger partial charge in [0, 0.05) is 30.7 Å². The number of nitrogens with one attached hydrogen (secondary N) is 1. The van der Waals surface area contributed by atoms with Crippen LogP contribution in [-0.2, 0) is 29.5 Å². The molecule has 5 rings (SSSR count). The Morgan fingerprint density at radius 1 is 1.11 bits per heavy atom. The van der Waals surface area contributed by atoms with Crippen molar-refractivity contribution >= 4 is 37.0 Å². The number of hydrogen-bond donors (Lipinski definition) is 2. The zero-order valence-electron chi connectivity index (χ0n) is 27.0. The summed E-state index contributed by atoms with van der Waals surface area (Å²) in [7, 11) is -6.11. The van der Waals surface area contributed by atoms with Gasteiger partial charge in [-0.3, -0.25) is 4.98 Å². The summed E-state index contributed by atoms with van der Waals surface area (Å²) in [6, 6.07) is 14.0. The van der Waals surface area contributed by atoms with E-state index in [1.165, 1.54) is 34.5 Å². The molecule has 2 aliphatic heterocycles. The molecule has 1 aromatic heterocycles. The van der Waals surface area contributed by atoms with Crippen molar-refractivity contribution < 1.29 is 40.9 Å². The molecule has 256 valence electrons. The van der Waals surface area contributed by atoms with E-state index in [-0.39, 0.29) is 48.4 Å². The lowest BCUT2D eigenvalue weighted by molar-refractivity contribution is -0.0329. The van der Waals surface area contributed by atoms with Gasteiger partial charge in [-0.25, -0.2) is 26.4 Å². The topological polar surface area (TPSA) is 165 Å². The van der Waals surface area contributed by atoms with Crippen LogP contribution in [0.25, 0.3) is 10.9 Å². The van der Waals surface area contributed by atoms with E-state index in [4.69, 9.17) is 14.2 Å². The van der Waals surface area contributed by atoms with Crippen molar-refractivity contribution in [2.24, 2.45) is 0 Å². The van der Waals surface area contributed by atoms with Crippen molar-refractivity contribution in [3.05, 3.63) is 60.8 Å². The maximum absolute atomic E-state index is 13.5.